The number of aromatic nitrogens is 1. The molecule has 0 aliphatic carbocycles. The van der Waals surface area contributed by atoms with Gasteiger partial charge < -0.3 is 33.0 Å². The van der Waals surface area contributed by atoms with Crippen LogP contribution in [-0.4, -0.2) is 43.9 Å². The molecule has 276 valence electrons. The maximum atomic E-state index is 14.2. The Morgan fingerprint density at radius 1 is 0.500 bits per heavy atom. The van der Waals surface area contributed by atoms with E-state index < -0.39 is 11.9 Å². The van der Waals surface area contributed by atoms with Crippen molar-refractivity contribution in [3.05, 3.63) is 155 Å². The number of hydrogen-bond acceptors (Lipinski definition) is 8. The highest BCUT2D eigenvalue weighted by molar-refractivity contribution is 6.12. The maximum Gasteiger partial charge on any atom is 0.341 e. The van der Waals surface area contributed by atoms with Crippen molar-refractivity contribution in [2.24, 2.45) is 0 Å². The summed E-state index contributed by atoms with van der Waals surface area (Å²) in [5.41, 5.74) is 5.19. The zero-order valence-corrected chi connectivity index (χ0v) is 30.9. The van der Waals surface area contributed by atoms with Gasteiger partial charge in [-0.1, -0.05) is 91.0 Å². The number of ether oxygens (including phenoxy) is 6. The first-order valence-electron chi connectivity index (χ1n) is 17.8. The Morgan fingerprint density at radius 2 is 0.889 bits per heavy atom. The van der Waals surface area contributed by atoms with Crippen LogP contribution in [0.5, 0.6) is 23.0 Å². The second-order valence-corrected chi connectivity index (χ2v) is 12.2. The largest absolute Gasteiger partial charge is 0.493 e. The molecule has 0 radical (unpaired) electrons. The molecular formula is C45H43NO8. The summed E-state index contributed by atoms with van der Waals surface area (Å²) in [7, 11) is 3.12. The number of benzene rings is 5. The average molecular weight is 726 g/mol. The molecular weight excluding hydrogens is 682 g/mol. The fraction of sp³-hybridized carbons (Fsp3) is 0.200. The van der Waals surface area contributed by atoms with Gasteiger partial charge in [0.25, 0.3) is 0 Å². The van der Waals surface area contributed by atoms with Crippen molar-refractivity contribution in [2.45, 2.75) is 33.6 Å². The van der Waals surface area contributed by atoms with Gasteiger partial charge >= 0.3 is 11.9 Å². The first kappa shape index (κ1) is 37.3. The van der Waals surface area contributed by atoms with Gasteiger partial charge in [0.2, 0.25) is 0 Å². The lowest BCUT2D eigenvalue weighted by Crippen LogP contribution is -2.14. The lowest BCUT2D eigenvalue weighted by atomic mass is 10.0. The molecule has 5 aromatic carbocycles. The summed E-state index contributed by atoms with van der Waals surface area (Å²) in [5, 5.41) is 0. The molecule has 0 fully saturated rings. The lowest BCUT2D eigenvalue weighted by molar-refractivity contribution is 0.0481. The van der Waals surface area contributed by atoms with Gasteiger partial charge in [-0.15, -0.1) is 0 Å². The van der Waals surface area contributed by atoms with Crippen molar-refractivity contribution in [3.63, 3.8) is 0 Å². The number of carbonyl (C=O) groups is 2. The molecule has 0 aliphatic heterocycles. The van der Waals surface area contributed by atoms with Crippen LogP contribution in [0.15, 0.2) is 127 Å². The van der Waals surface area contributed by atoms with E-state index in [1.165, 1.54) is 0 Å². The Labute approximate surface area is 315 Å². The standard InChI is InChI=1S/C45H43NO8/c1-5-51-44(47)40-41(45(48)52-6-2)43(35-23-25-37(39(27-35)50-4)54-30-33-20-14-9-15-21-33)46(28-31-16-10-7-11-17-31)42(40)34-22-24-36(38(26-34)49-3)53-29-32-18-12-8-13-19-32/h7-27H,5-6,28-30H2,1-4H3. The summed E-state index contributed by atoms with van der Waals surface area (Å²) in [4.78, 5) is 28.3. The molecule has 0 aliphatic rings. The zero-order chi connectivity index (χ0) is 37.9. The quantitative estimate of drug-likeness (QED) is 0.0912. The normalized spacial score (nSPS) is 10.7. The Hall–Kier alpha value is -6.48. The topological polar surface area (TPSA) is 94.5 Å². The molecule has 1 aromatic heterocycles. The van der Waals surface area contributed by atoms with E-state index >= 15 is 0 Å². The highest BCUT2D eigenvalue weighted by Crippen LogP contribution is 2.43. The van der Waals surface area contributed by atoms with Crippen molar-refractivity contribution < 1.29 is 38.0 Å². The van der Waals surface area contributed by atoms with Crippen LogP contribution in [0, 0.1) is 0 Å². The van der Waals surface area contributed by atoms with Gasteiger partial charge in [-0.05, 0) is 66.9 Å². The van der Waals surface area contributed by atoms with Crippen LogP contribution in [0.2, 0.25) is 0 Å². The van der Waals surface area contributed by atoms with E-state index in [-0.39, 0.29) is 24.3 Å². The van der Waals surface area contributed by atoms with Gasteiger partial charge in [-0.3, -0.25) is 0 Å². The Balaban J connectivity index is 1.57. The van der Waals surface area contributed by atoms with E-state index in [1.807, 2.05) is 108 Å². The number of carbonyl (C=O) groups excluding carboxylic acids is 2. The van der Waals surface area contributed by atoms with Crippen molar-refractivity contribution in [2.75, 3.05) is 27.4 Å². The van der Waals surface area contributed by atoms with Gasteiger partial charge in [0.05, 0.1) is 38.8 Å². The Morgan fingerprint density at radius 3 is 1.26 bits per heavy atom. The summed E-state index contributed by atoms with van der Waals surface area (Å²) in [6.45, 7) is 4.60. The number of hydrogen-bond donors (Lipinski definition) is 0. The third-order valence-electron chi connectivity index (χ3n) is 8.75. The van der Waals surface area contributed by atoms with Gasteiger partial charge in [-0.25, -0.2) is 9.59 Å². The molecule has 0 N–H and O–H groups in total. The fourth-order valence-electron chi connectivity index (χ4n) is 6.29. The van der Waals surface area contributed by atoms with Gasteiger partial charge in [0.1, 0.15) is 24.3 Å². The molecule has 0 saturated carbocycles. The van der Waals surface area contributed by atoms with Crippen molar-refractivity contribution in [1.29, 1.82) is 0 Å². The predicted octanol–water partition coefficient (Wildman–Crippen LogP) is 9.40. The maximum absolute atomic E-state index is 14.2. The van der Waals surface area contributed by atoms with Crippen LogP contribution in [-0.2, 0) is 29.2 Å². The van der Waals surface area contributed by atoms with Crippen LogP contribution in [0.4, 0.5) is 0 Å². The summed E-state index contributed by atoms with van der Waals surface area (Å²) >= 11 is 0. The van der Waals surface area contributed by atoms with E-state index in [0.717, 1.165) is 16.7 Å². The number of rotatable bonds is 16. The molecule has 6 rings (SSSR count). The lowest BCUT2D eigenvalue weighted by Gasteiger charge is -2.18. The fourth-order valence-corrected chi connectivity index (χ4v) is 6.29. The van der Waals surface area contributed by atoms with Gasteiger partial charge in [0.15, 0.2) is 23.0 Å². The van der Waals surface area contributed by atoms with Gasteiger partial charge in [0, 0.05) is 17.7 Å². The predicted molar refractivity (Wildman–Crippen MR) is 207 cm³/mol. The number of methoxy groups -OCH3 is 2. The molecule has 9 nitrogen and oxygen atoms in total. The highest BCUT2D eigenvalue weighted by atomic mass is 16.5. The van der Waals surface area contributed by atoms with Crippen molar-refractivity contribution >= 4 is 11.9 Å². The van der Waals surface area contributed by atoms with Crippen LogP contribution >= 0.6 is 0 Å². The van der Waals surface area contributed by atoms with Crippen LogP contribution in [0.3, 0.4) is 0 Å². The first-order chi connectivity index (χ1) is 26.4. The molecule has 0 spiro atoms. The molecule has 0 bridgehead atoms. The molecule has 6 aromatic rings. The molecule has 1 heterocycles. The van der Waals surface area contributed by atoms with Crippen LogP contribution in [0.25, 0.3) is 22.5 Å². The molecule has 0 unspecified atom stereocenters. The molecule has 9 heteroatoms. The molecule has 0 amide bonds. The van der Waals surface area contributed by atoms with Crippen LogP contribution in [0.1, 0.15) is 51.3 Å². The minimum absolute atomic E-state index is 0.0737. The van der Waals surface area contributed by atoms with E-state index in [9.17, 15) is 9.59 Å². The second kappa shape index (κ2) is 17.8. The minimum Gasteiger partial charge on any atom is -0.493 e. The number of nitrogens with zero attached hydrogens (tertiary/aromatic N) is 1. The SMILES string of the molecule is CCOC(=O)c1c(C(=O)OCC)c(-c2ccc(OCc3ccccc3)c(OC)c2)n(Cc2ccccc2)c1-c1ccc(OCc2ccccc2)c(OC)c1. The zero-order valence-electron chi connectivity index (χ0n) is 30.9. The van der Waals surface area contributed by atoms with Crippen LogP contribution < -0.4 is 18.9 Å². The third kappa shape index (κ3) is 8.42. The van der Waals surface area contributed by atoms with E-state index in [2.05, 4.69) is 0 Å². The summed E-state index contributed by atoms with van der Waals surface area (Å²) < 4.78 is 37.3. The molecule has 0 atom stereocenters. The Bertz CT molecular complexity index is 2040. The molecule has 54 heavy (non-hydrogen) atoms. The van der Waals surface area contributed by atoms with Gasteiger partial charge in [-0.2, -0.15) is 0 Å². The van der Waals surface area contributed by atoms with Crippen molar-refractivity contribution in [1.82, 2.24) is 4.57 Å². The van der Waals surface area contributed by atoms with E-state index in [4.69, 9.17) is 28.4 Å². The number of esters is 2. The monoisotopic (exact) mass is 725 g/mol. The second-order valence-electron chi connectivity index (χ2n) is 12.2. The summed E-state index contributed by atoms with van der Waals surface area (Å²) in [6, 6.07) is 40.4. The minimum atomic E-state index is -0.665. The van der Waals surface area contributed by atoms with E-state index in [0.29, 0.717) is 65.3 Å². The smallest absolute Gasteiger partial charge is 0.341 e. The summed E-state index contributed by atoms with van der Waals surface area (Å²) in [6.07, 6.45) is 0. The third-order valence-corrected chi connectivity index (χ3v) is 8.75. The Kier molecular flexibility index (Phi) is 12.3. The van der Waals surface area contributed by atoms with Crippen molar-refractivity contribution in [3.8, 4) is 45.5 Å². The summed E-state index contributed by atoms with van der Waals surface area (Å²) in [5.74, 6) is 0.609. The molecule has 0 saturated heterocycles. The average Bonchev–Trinajstić information content (AvgIpc) is 3.55. The first-order valence-corrected chi connectivity index (χ1v) is 17.8. The van der Waals surface area contributed by atoms with E-state index in [1.54, 1.807) is 52.3 Å². The highest BCUT2D eigenvalue weighted by Gasteiger charge is 2.35.